The predicted octanol–water partition coefficient (Wildman–Crippen LogP) is 3.41. The molecule has 0 aliphatic carbocycles. The molecule has 1 rings (SSSR count). The molecule has 0 aliphatic heterocycles. The quantitative estimate of drug-likeness (QED) is 0.459. The van der Waals surface area contributed by atoms with E-state index in [9.17, 15) is 9.59 Å². The van der Waals surface area contributed by atoms with Gasteiger partial charge in [0.1, 0.15) is 0 Å². The number of benzene rings is 1. The van der Waals surface area contributed by atoms with Gasteiger partial charge in [0.2, 0.25) is 0 Å². The van der Waals surface area contributed by atoms with E-state index < -0.39 is 18.2 Å². The first-order valence-electron chi connectivity index (χ1n) is 7.00. The van der Waals surface area contributed by atoms with Crippen molar-refractivity contribution in [2.24, 2.45) is 0 Å². The van der Waals surface area contributed by atoms with Crippen molar-refractivity contribution >= 4 is 11.9 Å². The second-order valence-corrected chi connectivity index (χ2v) is 5.36. The fourth-order valence-electron chi connectivity index (χ4n) is 1.76. The molecule has 0 unspecified atom stereocenters. The first kappa shape index (κ1) is 17.7. The van der Waals surface area contributed by atoms with Gasteiger partial charge in [-0.15, -0.1) is 0 Å². The van der Waals surface area contributed by atoms with Crippen LogP contribution in [0.5, 0.6) is 0 Å². The summed E-state index contributed by atoms with van der Waals surface area (Å²) < 4.78 is 10.4. The van der Waals surface area contributed by atoms with Crippen LogP contribution in [0.4, 0.5) is 0 Å². The Bertz CT molecular complexity index is 586. The number of carbonyl (C=O) groups excluding carboxylic acids is 2. The largest absolute Gasteiger partial charge is 0.421 e. The summed E-state index contributed by atoms with van der Waals surface area (Å²) in [6, 6.07) is 5.82. The molecule has 0 radical (unpaired) electrons. The minimum Gasteiger partial charge on any atom is -0.421 e. The number of esters is 2. The Morgan fingerprint density at radius 3 is 2.00 bits per heavy atom. The number of rotatable bonds is 6. The third-order valence-corrected chi connectivity index (χ3v) is 3.28. The van der Waals surface area contributed by atoms with Crippen molar-refractivity contribution < 1.29 is 19.1 Å². The topological polar surface area (TPSA) is 52.6 Å². The van der Waals surface area contributed by atoms with Crippen LogP contribution in [0.15, 0.2) is 42.5 Å². The normalized spacial score (nSPS) is 10.2. The summed E-state index contributed by atoms with van der Waals surface area (Å²) >= 11 is 0. The Labute approximate surface area is 131 Å². The molecule has 0 spiro atoms. The Morgan fingerprint density at radius 2 is 1.55 bits per heavy atom. The van der Waals surface area contributed by atoms with Crippen molar-refractivity contribution in [1.82, 2.24) is 0 Å². The molecule has 118 valence electrons. The van der Waals surface area contributed by atoms with E-state index in [1.165, 1.54) is 13.8 Å². The molecule has 0 amide bonds. The van der Waals surface area contributed by atoms with Gasteiger partial charge in [-0.25, -0.2) is 9.59 Å². The molecule has 4 nitrogen and oxygen atoms in total. The average Bonchev–Trinajstić information content (AvgIpc) is 2.43. The summed E-state index contributed by atoms with van der Waals surface area (Å²) in [6.07, 6.45) is -0.722. The van der Waals surface area contributed by atoms with Crippen LogP contribution in [0.3, 0.4) is 0 Å². The molecule has 0 aliphatic rings. The van der Waals surface area contributed by atoms with Crippen molar-refractivity contribution in [3.8, 4) is 0 Å². The summed E-state index contributed by atoms with van der Waals surface area (Å²) in [5.74, 6) is -1.19. The van der Waals surface area contributed by atoms with Gasteiger partial charge >= 0.3 is 11.9 Å². The lowest BCUT2D eigenvalue weighted by Crippen LogP contribution is -2.27. The number of hydrogen-bond donors (Lipinski definition) is 0. The molecular formula is C18H22O4. The fraction of sp³-hybridized carbons (Fsp3) is 0.333. The van der Waals surface area contributed by atoms with Gasteiger partial charge in [-0.3, -0.25) is 0 Å². The number of carbonyl (C=O) groups is 2. The molecule has 0 fully saturated rings. The van der Waals surface area contributed by atoms with Gasteiger partial charge in [0, 0.05) is 17.6 Å². The van der Waals surface area contributed by atoms with Gasteiger partial charge in [-0.2, -0.15) is 0 Å². The van der Waals surface area contributed by atoms with E-state index in [1.54, 1.807) is 0 Å². The van der Waals surface area contributed by atoms with Crippen molar-refractivity contribution in [3.05, 3.63) is 59.2 Å². The van der Waals surface area contributed by atoms with Gasteiger partial charge in [-0.05, 0) is 44.4 Å². The Morgan fingerprint density at radius 1 is 1.05 bits per heavy atom. The van der Waals surface area contributed by atoms with Crippen LogP contribution in [-0.4, -0.2) is 18.2 Å². The maximum atomic E-state index is 11.7. The van der Waals surface area contributed by atoms with Gasteiger partial charge in [0.05, 0.1) is 0 Å². The van der Waals surface area contributed by atoms with Crippen molar-refractivity contribution in [2.75, 3.05) is 0 Å². The molecule has 0 saturated heterocycles. The Hall–Kier alpha value is -2.36. The molecule has 22 heavy (non-hydrogen) atoms. The summed E-state index contributed by atoms with van der Waals surface area (Å²) in [4.78, 5) is 23.4. The molecule has 0 bridgehead atoms. The van der Waals surface area contributed by atoms with Crippen LogP contribution < -0.4 is 0 Å². The molecular weight excluding hydrogens is 280 g/mol. The second-order valence-electron chi connectivity index (χ2n) is 5.36. The summed E-state index contributed by atoms with van der Waals surface area (Å²) in [6.45, 7) is 14.1. The van der Waals surface area contributed by atoms with E-state index >= 15 is 0 Å². The second kappa shape index (κ2) is 7.59. The number of aryl methyl sites for hydroxylation is 1. The van der Waals surface area contributed by atoms with E-state index in [-0.39, 0.29) is 17.6 Å². The molecule has 0 aromatic heterocycles. The average molecular weight is 302 g/mol. The molecule has 0 saturated carbocycles. The van der Waals surface area contributed by atoms with Crippen LogP contribution in [0.1, 0.15) is 30.5 Å². The number of hydrogen-bond acceptors (Lipinski definition) is 4. The van der Waals surface area contributed by atoms with Gasteiger partial charge in [0.25, 0.3) is 6.29 Å². The first-order valence-corrected chi connectivity index (χ1v) is 7.00. The molecule has 0 heterocycles. The lowest BCUT2D eigenvalue weighted by molar-refractivity contribution is -0.181. The smallest absolute Gasteiger partial charge is 0.336 e. The highest BCUT2D eigenvalue weighted by atomic mass is 16.7. The van der Waals surface area contributed by atoms with Crippen LogP contribution in [0, 0.1) is 13.8 Å². The molecule has 0 N–H and O–H groups in total. The third kappa shape index (κ3) is 4.88. The zero-order chi connectivity index (χ0) is 16.9. The lowest BCUT2D eigenvalue weighted by Gasteiger charge is -2.20. The zero-order valence-corrected chi connectivity index (χ0v) is 13.6. The summed E-state index contributed by atoms with van der Waals surface area (Å²) in [5, 5.41) is 0. The predicted molar refractivity (Wildman–Crippen MR) is 85.2 cm³/mol. The van der Waals surface area contributed by atoms with E-state index in [2.05, 4.69) is 13.2 Å². The zero-order valence-electron chi connectivity index (χ0n) is 13.6. The van der Waals surface area contributed by atoms with Gasteiger partial charge in [0.15, 0.2) is 0 Å². The highest BCUT2D eigenvalue weighted by Gasteiger charge is 2.21. The van der Waals surface area contributed by atoms with E-state index in [1.807, 2.05) is 32.0 Å². The summed E-state index contributed by atoms with van der Waals surface area (Å²) in [5.41, 5.74) is 3.64. The van der Waals surface area contributed by atoms with Gasteiger partial charge < -0.3 is 9.47 Å². The van der Waals surface area contributed by atoms with Crippen LogP contribution in [-0.2, 0) is 25.5 Å². The summed E-state index contributed by atoms with van der Waals surface area (Å²) in [7, 11) is 0. The minimum atomic E-state index is -1.01. The first-order chi connectivity index (χ1) is 10.2. The third-order valence-electron chi connectivity index (χ3n) is 3.28. The standard InChI is InChI=1S/C18H22O4/c1-11(2)17(19)21-16(22-18(20)12(3)4)10-15-9-7-8-13(5)14(15)6/h7-9,16H,1,3,10H2,2,4-6H3. The maximum absolute atomic E-state index is 11.7. The van der Waals surface area contributed by atoms with Crippen molar-refractivity contribution in [3.63, 3.8) is 0 Å². The monoisotopic (exact) mass is 302 g/mol. The molecule has 1 aromatic carbocycles. The van der Waals surface area contributed by atoms with Crippen LogP contribution in [0.2, 0.25) is 0 Å². The molecule has 0 atom stereocenters. The Balaban J connectivity index is 2.96. The van der Waals surface area contributed by atoms with Crippen molar-refractivity contribution in [2.45, 2.75) is 40.4 Å². The molecule has 1 aromatic rings. The lowest BCUT2D eigenvalue weighted by atomic mass is 10.0. The van der Waals surface area contributed by atoms with E-state index in [0.717, 1.165) is 16.7 Å². The Kier molecular flexibility index (Phi) is 6.11. The highest BCUT2D eigenvalue weighted by molar-refractivity contribution is 5.88. The number of ether oxygens (including phenoxy) is 2. The van der Waals surface area contributed by atoms with Crippen LogP contribution in [0.25, 0.3) is 0 Å². The van der Waals surface area contributed by atoms with E-state index in [4.69, 9.17) is 9.47 Å². The highest BCUT2D eigenvalue weighted by Crippen LogP contribution is 2.17. The van der Waals surface area contributed by atoms with Crippen molar-refractivity contribution in [1.29, 1.82) is 0 Å². The molecule has 4 heteroatoms. The maximum Gasteiger partial charge on any atom is 0.336 e. The van der Waals surface area contributed by atoms with Gasteiger partial charge in [-0.1, -0.05) is 31.4 Å². The fourth-order valence-corrected chi connectivity index (χ4v) is 1.76. The van der Waals surface area contributed by atoms with Crippen LogP contribution >= 0.6 is 0 Å². The minimum absolute atomic E-state index is 0.248. The van der Waals surface area contributed by atoms with E-state index in [0.29, 0.717) is 0 Å². The SMILES string of the molecule is C=C(C)C(=O)OC(Cc1cccc(C)c1C)OC(=O)C(=C)C.